The summed E-state index contributed by atoms with van der Waals surface area (Å²) in [6, 6.07) is 10.2. The van der Waals surface area contributed by atoms with E-state index in [1.54, 1.807) is 31.2 Å². The first-order valence-electron chi connectivity index (χ1n) is 7.23. The van der Waals surface area contributed by atoms with E-state index in [0.29, 0.717) is 11.4 Å². The van der Waals surface area contributed by atoms with Gasteiger partial charge >= 0.3 is 6.03 Å². The van der Waals surface area contributed by atoms with E-state index in [0.717, 1.165) is 11.3 Å². The van der Waals surface area contributed by atoms with E-state index in [4.69, 9.17) is 4.42 Å². The molecule has 8 heteroatoms. The highest BCUT2D eigenvalue weighted by Crippen LogP contribution is 2.21. The Kier molecular flexibility index (Phi) is 4.59. The van der Waals surface area contributed by atoms with E-state index in [1.807, 2.05) is 17.5 Å². The molecule has 0 radical (unpaired) electrons. The smallest absolute Gasteiger partial charge is 0.319 e. The summed E-state index contributed by atoms with van der Waals surface area (Å²) in [5.41, 5.74) is 1.08. The number of carbonyl (C=O) groups excluding carboxylic acids is 1. The normalized spacial score (nSPS) is 13.2. The van der Waals surface area contributed by atoms with Crippen LogP contribution in [-0.2, 0) is 5.60 Å². The van der Waals surface area contributed by atoms with Crippen LogP contribution in [0.2, 0.25) is 0 Å². The molecule has 1 aromatic carbocycles. The maximum Gasteiger partial charge on any atom is 0.319 e. The summed E-state index contributed by atoms with van der Waals surface area (Å²) in [4.78, 5) is 12.0. The molecule has 1 atom stereocenters. The second-order valence-corrected chi connectivity index (χ2v) is 6.04. The van der Waals surface area contributed by atoms with Crippen LogP contribution in [0.3, 0.4) is 0 Å². The molecule has 3 aromatic rings. The molecule has 2 aromatic heterocycles. The van der Waals surface area contributed by atoms with Gasteiger partial charge in [0.05, 0.1) is 12.8 Å². The van der Waals surface area contributed by atoms with Crippen molar-refractivity contribution >= 4 is 23.3 Å². The second-order valence-electron chi connectivity index (χ2n) is 5.43. The quantitative estimate of drug-likeness (QED) is 0.661. The third-order valence-corrected chi connectivity index (χ3v) is 3.95. The first-order chi connectivity index (χ1) is 11.5. The van der Waals surface area contributed by atoms with Gasteiger partial charge in [0.15, 0.2) is 0 Å². The lowest BCUT2D eigenvalue weighted by Crippen LogP contribution is -2.40. The van der Waals surface area contributed by atoms with E-state index >= 15 is 0 Å². The van der Waals surface area contributed by atoms with Gasteiger partial charge in [0.2, 0.25) is 0 Å². The molecule has 0 aliphatic rings. The highest BCUT2D eigenvalue weighted by Gasteiger charge is 2.26. The monoisotopic (exact) mass is 344 g/mol. The van der Waals surface area contributed by atoms with Gasteiger partial charge in [0.25, 0.3) is 0 Å². The summed E-state index contributed by atoms with van der Waals surface area (Å²) >= 11 is 1.28. The van der Waals surface area contributed by atoms with E-state index in [2.05, 4.69) is 20.2 Å². The lowest BCUT2D eigenvalue weighted by atomic mass is 10.0. The van der Waals surface area contributed by atoms with Gasteiger partial charge < -0.3 is 20.2 Å². The van der Waals surface area contributed by atoms with Crippen molar-refractivity contribution in [2.75, 3.05) is 11.9 Å². The maximum atomic E-state index is 12.0. The minimum absolute atomic E-state index is 0.0227. The molecule has 0 unspecified atom stereocenters. The number of amides is 2. The Bertz CT molecular complexity index is 783. The fourth-order valence-corrected chi connectivity index (χ4v) is 2.58. The molecule has 2 heterocycles. The second kappa shape index (κ2) is 6.81. The van der Waals surface area contributed by atoms with Gasteiger partial charge in [-0.15, -0.1) is 5.10 Å². The Labute approximate surface area is 142 Å². The minimum Gasteiger partial charge on any atom is -0.466 e. The van der Waals surface area contributed by atoms with E-state index < -0.39 is 11.6 Å². The topological polar surface area (TPSA) is 100 Å². The summed E-state index contributed by atoms with van der Waals surface area (Å²) in [6.45, 7) is 1.59. The molecule has 0 aliphatic heterocycles. The van der Waals surface area contributed by atoms with Crippen LogP contribution >= 0.6 is 11.5 Å². The van der Waals surface area contributed by atoms with Crippen molar-refractivity contribution in [3.8, 4) is 11.3 Å². The number of nitrogens with zero attached hydrogens (tertiary/aromatic N) is 2. The van der Waals surface area contributed by atoms with Crippen molar-refractivity contribution in [3.63, 3.8) is 0 Å². The number of urea groups is 1. The number of hydrogen-bond donors (Lipinski definition) is 3. The summed E-state index contributed by atoms with van der Waals surface area (Å²) in [5, 5.41) is 21.5. The standard InChI is InChI=1S/C16H16N4O3S/c1-16(22,14-3-2-8-23-14)10-17-15(21)18-12-6-4-11(5-7-12)13-9-24-20-19-13/h2-9,22H,10H2,1H3,(H2,17,18,21)/t16-/m1/s1. The highest BCUT2D eigenvalue weighted by atomic mass is 32.1. The maximum absolute atomic E-state index is 12.0. The lowest BCUT2D eigenvalue weighted by molar-refractivity contribution is 0.0372. The van der Waals surface area contributed by atoms with Crippen LogP contribution in [0, 0.1) is 0 Å². The Morgan fingerprint density at radius 3 is 2.75 bits per heavy atom. The molecule has 24 heavy (non-hydrogen) atoms. The number of aliphatic hydroxyl groups is 1. The molecule has 0 fully saturated rings. The van der Waals surface area contributed by atoms with Crippen molar-refractivity contribution in [3.05, 3.63) is 53.8 Å². The fraction of sp³-hybridized carbons (Fsp3) is 0.188. The Balaban J connectivity index is 1.55. The molecule has 0 aliphatic carbocycles. The van der Waals surface area contributed by atoms with Crippen molar-refractivity contribution < 1.29 is 14.3 Å². The number of carbonyl (C=O) groups is 1. The number of aromatic nitrogens is 2. The largest absolute Gasteiger partial charge is 0.466 e. The first-order valence-corrected chi connectivity index (χ1v) is 8.07. The first kappa shape index (κ1) is 16.2. The lowest BCUT2D eigenvalue weighted by Gasteiger charge is -2.21. The van der Waals surface area contributed by atoms with Gasteiger partial charge in [-0.25, -0.2) is 4.79 Å². The number of hydrogen-bond acceptors (Lipinski definition) is 6. The molecule has 7 nitrogen and oxygen atoms in total. The van der Waals surface area contributed by atoms with Gasteiger partial charge in [-0.1, -0.05) is 16.6 Å². The van der Waals surface area contributed by atoms with Crippen LogP contribution in [-0.4, -0.2) is 27.3 Å². The average Bonchev–Trinajstić information content (AvgIpc) is 3.27. The van der Waals surface area contributed by atoms with Crippen LogP contribution in [0.15, 0.2) is 52.5 Å². The summed E-state index contributed by atoms with van der Waals surface area (Å²) in [7, 11) is 0. The zero-order valence-electron chi connectivity index (χ0n) is 12.9. The molecule has 2 amide bonds. The highest BCUT2D eigenvalue weighted by molar-refractivity contribution is 7.03. The predicted octanol–water partition coefficient (Wildman–Crippen LogP) is 2.83. The van der Waals surface area contributed by atoms with Crippen LogP contribution in [0.1, 0.15) is 12.7 Å². The third kappa shape index (κ3) is 3.79. The Morgan fingerprint density at radius 2 is 2.12 bits per heavy atom. The van der Waals surface area contributed by atoms with Crippen molar-refractivity contribution in [2.24, 2.45) is 0 Å². The number of anilines is 1. The number of furan rings is 1. The molecule has 124 valence electrons. The molecule has 0 saturated carbocycles. The average molecular weight is 344 g/mol. The zero-order chi connectivity index (χ0) is 17.0. The van der Waals surface area contributed by atoms with Crippen LogP contribution in [0.4, 0.5) is 10.5 Å². The number of rotatable bonds is 5. The van der Waals surface area contributed by atoms with Crippen molar-refractivity contribution in [1.29, 1.82) is 0 Å². The van der Waals surface area contributed by atoms with E-state index in [9.17, 15) is 9.90 Å². The van der Waals surface area contributed by atoms with Crippen LogP contribution < -0.4 is 10.6 Å². The van der Waals surface area contributed by atoms with E-state index in [1.165, 1.54) is 17.8 Å². The molecular weight excluding hydrogens is 328 g/mol. The number of nitrogens with one attached hydrogen (secondary N) is 2. The Hall–Kier alpha value is -2.71. The van der Waals surface area contributed by atoms with Crippen molar-refractivity contribution in [1.82, 2.24) is 14.9 Å². The van der Waals surface area contributed by atoms with E-state index in [-0.39, 0.29) is 6.54 Å². The summed E-state index contributed by atoms with van der Waals surface area (Å²) < 4.78 is 8.98. The fourth-order valence-electron chi connectivity index (χ4n) is 2.11. The molecule has 0 spiro atoms. The van der Waals surface area contributed by atoms with Gasteiger partial charge in [-0.2, -0.15) is 0 Å². The Morgan fingerprint density at radius 1 is 1.33 bits per heavy atom. The molecule has 3 N–H and O–H groups in total. The predicted molar refractivity (Wildman–Crippen MR) is 90.6 cm³/mol. The molecule has 3 rings (SSSR count). The molecule has 0 saturated heterocycles. The van der Waals surface area contributed by atoms with Crippen LogP contribution in [0.25, 0.3) is 11.3 Å². The minimum atomic E-state index is -1.28. The summed E-state index contributed by atoms with van der Waals surface area (Å²) in [6.07, 6.45) is 1.48. The number of benzene rings is 1. The van der Waals surface area contributed by atoms with Gasteiger partial charge in [-0.3, -0.25) is 0 Å². The molecule has 0 bridgehead atoms. The SMILES string of the molecule is C[C@@](O)(CNC(=O)Nc1ccc(-c2csnn2)cc1)c1ccco1. The third-order valence-electron chi connectivity index (χ3n) is 3.44. The molecular formula is C16H16N4O3S. The van der Waals surface area contributed by atoms with Gasteiger partial charge in [0, 0.05) is 16.6 Å². The van der Waals surface area contributed by atoms with Crippen LogP contribution in [0.5, 0.6) is 0 Å². The van der Waals surface area contributed by atoms with Gasteiger partial charge in [-0.05, 0) is 42.7 Å². The summed E-state index contributed by atoms with van der Waals surface area (Å²) in [5.74, 6) is 0.393. The zero-order valence-corrected chi connectivity index (χ0v) is 13.7. The van der Waals surface area contributed by atoms with Crippen molar-refractivity contribution in [2.45, 2.75) is 12.5 Å². The van der Waals surface area contributed by atoms with Gasteiger partial charge in [0.1, 0.15) is 17.1 Å².